The van der Waals surface area contributed by atoms with Gasteiger partial charge in [0.25, 0.3) is 0 Å². The van der Waals surface area contributed by atoms with Crippen LogP contribution in [-0.2, 0) is 0 Å². The molecule has 3 heteroatoms. The van der Waals surface area contributed by atoms with Crippen molar-refractivity contribution < 1.29 is 0 Å². The maximum Gasteiger partial charge on any atom is 0.0972 e. The van der Waals surface area contributed by atoms with E-state index in [2.05, 4.69) is 42.5 Å². The Balaban J connectivity index is 1.77. The van der Waals surface area contributed by atoms with Crippen LogP contribution in [0.15, 0.2) is 91.0 Å². The molecule has 0 N–H and O–H groups in total. The Morgan fingerprint density at radius 2 is 1.07 bits per heavy atom. The van der Waals surface area contributed by atoms with E-state index in [1.54, 1.807) is 0 Å². The first-order valence-corrected chi connectivity index (χ1v) is 9.18. The molecular formula is C24H15ClN2. The van der Waals surface area contributed by atoms with E-state index < -0.39 is 0 Å². The van der Waals surface area contributed by atoms with E-state index in [9.17, 15) is 0 Å². The highest BCUT2D eigenvalue weighted by Crippen LogP contribution is 2.31. The van der Waals surface area contributed by atoms with Crippen LogP contribution in [0.25, 0.3) is 44.3 Å². The number of hydrogen-bond donors (Lipinski definition) is 0. The minimum Gasteiger partial charge on any atom is -0.245 e. The summed E-state index contributed by atoms with van der Waals surface area (Å²) < 4.78 is 0. The first-order chi connectivity index (χ1) is 13.3. The molecule has 0 atom stereocenters. The molecule has 128 valence electrons. The largest absolute Gasteiger partial charge is 0.245 e. The van der Waals surface area contributed by atoms with Crippen LogP contribution >= 0.6 is 11.6 Å². The Morgan fingerprint density at radius 3 is 1.78 bits per heavy atom. The Hall–Kier alpha value is -3.23. The molecular weight excluding hydrogens is 352 g/mol. The van der Waals surface area contributed by atoms with E-state index in [0.29, 0.717) is 5.02 Å². The third kappa shape index (κ3) is 2.84. The summed E-state index contributed by atoms with van der Waals surface area (Å²) >= 11 is 6.38. The molecule has 0 saturated heterocycles. The van der Waals surface area contributed by atoms with Gasteiger partial charge in [-0.05, 0) is 18.2 Å². The van der Waals surface area contributed by atoms with Crippen LogP contribution in [0.4, 0.5) is 0 Å². The van der Waals surface area contributed by atoms with Crippen LogP contribution in [0.3, 0.4) is 0 Å². The number of hydrogen-bond acceptors (Lipinski definition) is 2. The van der Waals surface area contributed by atoms with Gasteiger partial charge in [-0.15, -0.1) is 0 Å². The molecule has 0 saturated carbocycles. The summed E-state index contributed by atoms with van der Waals surface area (Å²) in [6.07, 6.45) is 0. The summed E-state index contributed by atoms with van der Waals surface area (Å²) in [5.74, 6) is 0. The number of aromatic nitrogens is 2. The average Bonchev–Trinajstić information content (AvgIpc) is 2.74. The predicted octanol–water partition coefficient (Wildman–Crippen LogP) is 6.77. The molecule has 0 aliphatic rings. The lowest BCUT2D eigenvalue weighted by molar-refractivity contribution is 1.36. The molecule has 0 bridgehead atoms. The van der Waals surface area contributed by atoms with Crippen molar-refractivity contribution in [3.8, 4) is 22.5 Å². The number of pyridine rings is 2. The van der Waals surface area contributed by atoms with Gasteiger partial charge in [0.2, 0.25) is 0 Å². The van der Waals surface area contributed by atoms with Crippen molar-refractivity contribution in [3.63, 3.8) is 0 Å². The first kappa shape index (κ1) is 16.0. The minimum atomic E-state index is 0.697. The molecule has 5 aromatic rings. The van der Waals surface area contributed by atoms with Crippen molar-refractivity contribution in [1.29, 1.82) is 0 Å². The molecule has 0 radical (unpaired) electrons. The summed E-state index contributed by atoms with van der Waals surface area (Å²) in [4.78, 5) is 9.86. The van der Waals surface area contributed by atoms with Gasteiger partial charge >= 0.3 is 0 Å². The van der Waals surface area contributed by atoms with Crippen molar-refractivity contribution in [3.05, 3.63) is 96.0 Å². The zero-order valence-corrected chi connectivity index (χ0v) is 15.2. The lowest BCUT2D eigenvalue weighted by Gasteiger charge is -2.09. The zero-order chi connectivity index (χ0) is 18.2. The maximum absolute atomic E-state index is 6.38. The predicted molar refractivity (Wildman–Crippen MR) is 113 cm³/mol. The monoisotopic (exact) mass is 366 g/mol. The van der Waals surface area contributed by atoms with E-state index in [1.807, 2.05) is 48.5 Å². The maximum atomic E-state index is 6.38. The number of halogens is 1. The Morgan fingerprint density at radius 1 is 0.519 bits per heavy atom. The molecule has 2 nitrogen and oxygen atoms in total. The Kier molecular flexibility index (Phi) is 3.84. The fourth-order valence-corrected chi connectivity index (χ4v) is 3.59. The SMILES string of the molecule is Clc1ccccc1-c1ccc2ccc3ccc(-c4ccccc4)nc3c2n1. The lowest BCUT2D eigenvalue weighted by atomic mass is 10.1. The third-order valence-electron chi connectivity index (χ3n) is 4.74. The van der Waals surface area contributed by atoms with Crippen molar-refractivity contribution in [2.24, 2.45) is 0 Å². The summed E-state index contributed by atoms with van der Waals surface area (Å²) in [5, 5.41) is 2.84. The molecule has 2 aromatic heterocycles. The second kappa shape index (κ2) is 6.49. The number of benzene rings is 3. The molecule has 0 aliphatic carbocycles. The van der Waals surface area contributed by atoms with E-state index in [4.69, 9.17) is 21.6 Å². The Labute approximate surface area is 162 Å². The van der Waals surface area contributed by atoms with Crippen LogP contribution in [0.5, 0.6) is 0 Å². The van der Waals surface area contributed by atoms with Gasteiger partial charge in [-0.1, -0.05) is 84.4 Å². The third-order valence-corrected chi connectivity index (χ3v) is 5.07. The Bertz CT molecular complexity index is 1280. The first-order valence-electron chi connectivity index (χ1n) is 8.80. The zero-order valence-electron chi connectivity index (χ0n) is 14.4. The molecule has 3 aromatic carbocycles. The lowest BCUT2D eigenvalue weighted by Crippen LogP contribution is -1.91. The normalized spacial score (nSPS) is 11.1. The van der Waals surface area contributed by atoms with Gasteiger partial charge in [-0.2, -0.15) is 0 Å². The van der Waals surface area contributed by atoms with Gasteiger partial charge in [0.1, 0.15) is 0 Å². The molecule has 0 spiro atoms. The van der Waals surface area contributed by atoms with E-state index in [0.717, 1.165) is 44.3 Å². The van der Waals surface area contributed by atoms with Crippen LogP contribution in [-0.4, -0.2) is 9.97 Å². The van der Waals surface area contributed by atoms with Crippen LogP contribution in [0.2, 0.25) is 5.02 Å². The smallest absolute Gasteiger partial charge is 0.0972 e. The van der Waals surface area contributed by atoms with Gasteiger partial charge in [0, 0.05) is 26.9 Å². The van der Waals surface area contributed by atoms with Crippen LogP contribution < -0.4 is 0 Å². The molecule has 0 unspecified atom stereocenters. The molecule has 0 fully saturated rings. The van der Waals surface area contributed by atoms with Crippen LogP contribution in [0.1, 0.15) is 0 Å². The molecule has 0 aliphatic heterocycles. The highest BCUT2D eigenvalue weighted by atomic mass is 35.5. The number of rotatable bonds is 2. The van der Waals surface area contributed by atoms with Gasteiger partial charge in [-0.25, -0.2) is 9.97 Å². The minimum absolute atomic E-state index is 0.697. The van der Waals surface area contributed by atoms with Crippen molar-refractivity contribution >= 4 is 33.4 Å². The van der Waals surface area contributed by atoms with Gasteiger partial charge < -0.3 is 0 Å². The second-order valence-electron chi connectivity index (χ2n) is 6.45. The van der Waals surface area contributed by atoms with Gasteiger partial charge in [0.05, 0.1) is 22.4 Å². The summed E-state index contributed by atoms with van der Waals surface area (Å²) in [6, 6.07) is 30.4. The molecule has 0 amide bonds. The highest BCUT2D eigenvalue weighted by molar-refractivity contribution is 6.33. The standard InChI is InChI=1S/C24H15ClN2/c25-20-9-5-4-8-19(20)22-15-13-18-11-10-17-12-14-21(16-6-2-1-3-7-16)26-23(17)24(18)27-22/h1-15H. The average molecular weight is 367 g/mol. The van der Waals surface area contributed by atoms with E-state index >= 15 is 0 Å². The topological polar surface area (TPSA) is 25.8 Å². The molecule has 27 heavy (non-hydrogen) atoms. The number of nitrogens with zero attached hydrogens (tertiary/aromatic N) is 2. The summed E-state index contributed by atoms with van der Waals surface area (Å²) in [7, 11) is 0. The second-order valence-corrected chi connectivity index (χ2v) is 6.86. The van der Waals surface area contributed by atoms with Gasteiger partial charge in [-0.3, -0.25) is 0 Å². The number of fused-ring (bicyclic) bond motifs is 3. The fraction of sp³-hybridized carbons (Fsp3) is 0. The van der Waals surface area contributed by atoms with E-state index in [-0.39, 0.29) is 0 Å². The molecule has 5 rings (SSSR count). The summed E-state index contributed by atoms with van der Waals surface area (Å²) in [5.41, 5.74) is 5.62. The fourth-order valence-electron chi connectivity index (χ4n) is 3.36. The highest BCUT2D eigenvalue weighted by Gasteiger charge is 2.10. The van der Waals surface area contributed by atoms with Crippen molar-refractivity contribution in [2.45, 2.75) is 0 Å². The van der Waals surface area contributed by atoms with Crippen molar-refractivity contribution in [2.75, 3.05) is 0 Å². The van der Waals surface area contributed by atoms with Gasteiger partial charge in [0.15, 0.2) is 0 Å². The van der Waals surface area contributed by atoms with Crippen molar-refractivity contribution in [1.82, 2.24) is 9.97 Å². The quantitative estimate of drug-likeness (QED) is 0.322. The van der Waals surface area contributed by atoms with Crippen LogP contribution in [0, 0.1) is 0 Å². The molecule has 2 heterocycles. The summed E-state index contributed by atoms with van der Waals surface area (Å²) in [6.45, 7) is 0. The van der Waals surface area contributed by atoms with E-state index in [1.165, 1.54) is 0 Å².